The second kappa shape index (κ2) is 8.74. The van der Waals surface area contributed by atoms with Gasteiger partial charge in [0.15, 0.2) is 11.5 Å². The van der Waals surface area contributed by atoms with Gasteiger partial charge < -0.3 is 9.47 Å². The van der Waals surface area contributed by atoms with Gasteiger partial charge in [-0.1, -0.05) is 18.5 Å². The molecular formula is C16H20ClN3O2S. The van der Waals surface area contributed by atoms with E-state index >= 15 is 0 Å². The SMILES string of the molecule is CCCOc1cc(Cl)c(C=NNc2nc(C)cs2)cc1OCC. The molecule has 1 N–H and O–H groups in total. The molecule has 0 atom stereocenters. The highest BCUT2D eigenvalue weighted by molar-refractivity contribution is 7.13. The predicted octanol–water partition coefficient (Wildman–Crippen LogP) is 4.74. The van der Waals surface area contributed by atoms with E-state index in [1.54, 1.807) is 12.3 Å². The summed E-state index contributed by atoms with van der Waals surface area (Å²) in [5.74, 6) is 1.32. The molecule has 0 fully saturated rings. The first-order valence-electron chi connectivity index (χ1n) is 7.44. The molecule has 2 aromatic rings. The number of thiazole rings is 1. The third kappa shape index (κ3) is 5.11. The van der Waals surface area contributed by atoms with E-state index in [0.29, 0.717) is 29.7 Å². The lowest BCUT2D eigenvalue weighted by atomic mass is 10.2. The molecule has 0 saturated heterocycles. The fourth-order valence-electron chi connectivity index (χ4n) is 1.81. The van der Waals surface area contributed by atoms with Gasteiger partial charge in [0.05, 0.1) is 30.1 Å². The van der Waals surface area contributed by atoms with Crippen molar-refractivity contribution in [3.05, 3.63) is 33.8 Å². The normalized spacial score (nSPS) is 11.0. The molecule has 0 saturated carbocycles. The summed E-state index contributed by atoms with van der Waals surface area (Å²) in [6, 6.07) is 3.59. The molecule has 2 rings (SSSR count). The lowest BCUT2D eigenvalue weighted by Gasteiger charge is -2.13. The van der Waals surface area contributed by atoms with Crippen LogP contribution in [0.2, 0.25) is 5.02 Å². The van der Waals surface area contributed by atoms with E-state index in [4.69, 9.17) is 21.1 Å². The standard InChI is InChI=1S/C16H20ClN3O2S/c1-4-6-22-15-8-13(17)12(7-14(15)21-5-2)9-18-20-16-19-11(3)10-23-16/h7-10H,4-6H2,1-3H3,(H,19,20). The zero-order chi connectivity index (χ0) is 16.7. The summed E-state index contributed by atoms with van der Waals surface area (Å²) >= 11 is 7.80. The Morgan fingerprint density at radius 3 is 2.74 bits per heavy atom. The Kier molecular flexibility index (Phi) is 6.67. The first kappa shape index (κ1) is 17.6. The Bertz CT molecular complexity index is 673. The molecule has 0 unspecified atom stereocenters. The van der Waals surface area contributed by atoms with E-state index in [-0.39, 0.29) is 0 Å². The van der Waals surface area contributed by atoms with Gasteiger partial charge in [-0.2, -0.15) is 5.10 Å². The Labute approximate surface area is 145 Å². The van der Waals surface area contributed by atoms with Crippen molar-refractivity contribution in [2.24, 2.45) is 5.10 Å². The van der Waals surface area contributed by atoms with E-state index in [1.165, 1.54) is 11.3 Å². The van der Waals surface area contributed by atoms with Crippen molar-refractivity contribution in [1.29, 1.82) is 0 Å². The quantitative estimate of drug-likeness (QED) is 0.550. The predicted molar refractivity (Wildman–Crippen MR) is 96.5 cm³/mol. The van der Waals surface area contributed by atoms with Gasteiger partial charge in [0.25, 0.3) is 0 Å². The monoisotopic (exact) mass is 353 g/mol. The van der Waals surface area contributed by atoms with Crippen LogP contribution in [0.4, 0.5) is 5.13 Å². The molecular weight excluding hydrogens is 334 g/mol. The minimum absolute atomic E-state index is 0.553. The Morgan fingerprint density at radius 1 is 1.30 bits per heavy atom. The zero-order valence-corrected chi connectivity index (χ0v) is 15.0. The smallest absolute Gasteiger partial charge is 0.203 e. The van der Waals surface area contributed by atoms with E-state index in [2.05, 4.69) is 22.4 Å². The van der Waals surface area contributed by atoms with Crippen LogP contribution < -0.4 is 14.9 Å². The average Bonchev–Trinajstić information content (AvgIpc) is 2.94. The summed E-state index contributed by atoms with van der Waals surface area (Å²) in [5.41, 5.74) is 4.60. The number of aryl methyl sites for hydroxylation is 1. The molecule has 1 aromatic carbocycles. The van der Waals surface area contributed by atoms with E-state index < -0.39 is 0 Å². The van der Waals surface area contributed by atoms with Gasteiger partial charge in [0.1, 0.15) is 0 Å². The Morgan fingerprint density at radius 2 is 2.09 bits per heavy atom. The topological polar surface area (TPSA) is 55.7 Å². The average molecular weight is 354 g/mol. The van der Waals surface area contributed by atoms with Crippen LogP contribution in [-0.2, 0) is 0 Å². The third-order valence-electron chi connectivity index (χ3n) is 2.81. The molecule has 0 aliphatic rings. The second-order valence-corrected chi connectivity index (χ2v) is 6.03. The molecule has 0 spiro atoms. The van der Waals surface area contributed by atoms with E-state index in [9.17, 15) is 0 Å². The summed E-state index contributed by atoms with van der Waals surface area (Å²) in [6.45, 7) is 7.09. The maximum Gasteiger partial charge on any atom is 0.203 e. The maximum atomic E-state index is 6.30. The minimum atomic E-state index is 0.553. The van der Waals surface area contributed by atoms with Crippen molar-refractivity contribution < 1.29 is 9.47 Å². The van der Waals surface area contributed by atoms with Crippen LogP contribution in [-0.4, -0.2) is 24.4 Å². The zero-order valence-electron chi connectivity index (χ0n) is 13.4. The number of hydrazone groups is 1. The number of aromatic nitrogens is 1. The highest BCUT2D eigenvalue weighted by atomic mass is 35.5. The number of nitrogens with one attached hydrogen (secondary N) is 1. The largest absolute Gasteiger partial charge is 0.490 e. The molecule has 124 valence electrons. The Hall–Kier alpha value is -1.79. The summed E-state index contributed by atoms with van der Waals surface area (Å²) in [4.78, 5) is 4.28. The third-order valence-corrected chi connectivity index (χ3v) is 4.00. The van der Waals surface area contributed by atoms with Gasteiger partial charge in [-0.15, -0.1) is 11.3 Å². The van der Waals surface area contributed by atoms with Gasteiger partial charge in [0.2, 0.25) is 5.13 Å². The Balaban J connectivity index is 2.15. The van der Waals surface area contributed by atoms with E-state index in [1.807, 2.05) is 25.3 Å². The molecule has 0 aliphatic carbocycles. The second-order valence-electron chi connectivity index (χ2n) is 4.77. The number of hydrogen-bond donors (Lipinski definition) is 1. The minimum Gasteiger partial charge on any atom is -0.490 e. The van der Waals surface area contributed by atoms with Crippen LogP contribution in [0.1, 0.15) is 31.5 Å². The van der Waals surface area contributed by atoms with Gasteiger partial charge in [-0.25, -0.2) is 4.98 Å². The molecule has 0 amide bonds. The van der Waals surface area contributed by atoms with Gasteiger partial charge in [-0.05, 0) is 26.3 Å². The molecule has 0 aliphatic heterocycles. The lowest BCUT2D eigenvalue weighted by molar-refractivity contribution is 0.277. The van der Waals surface area contributed by atoms with Crippen molar-refractivity contribution in [3.8, 4) is 11.5 Å². The van der Waals surface area contributed by atoms with Crippen molar-refractivity contribution in [3.63, 3.8) is 0 Å². The van der Waals surface area contributed by atoms with Crippen molar-refractivity contribution in [2.45, 2.75) is 27.2 Å². The van der Waals surface area contributed by atoms with Crippen LogP contribution in [0.15, 0.2) is 22.6 Å². The summed E-state index contributed by atoms with van der Waals surface area (Å²) < 4.78 is 11.3. The van der Waals surface area contributed by atoms with Gasteiger partial charge in [-0.3, -0.25) is 5.43 Å². The number of hydrogen-bond acceptors (Lipinski definition) is 6. The van der Waals surface area contributed by atoms with Crippen LogP contribution in [0, 0.1) is 6.92 Å². The highest BCUT2D eigenvalue weighted by Crippen LogP contribution is 2.33. The van der Waals surface area contributed by atoms with Crippen molar-refractivity contribution >= 4 is 34.3 Å². The molecule has 0 radical (unpaired) electrons. The highest BCUT2D eigenvalue weighted by Gasteiger charge is 2.10. The van der Waals surface area contributed by atoms with Gasteiger partial charge >= 0.3 is 0 Å². The lowest BCUT2D eigenvalue weighted by Crippen LogP contribution is -2.01. The van der Waals surface area contributed by atoms with Crippen LogP contribution in [0.5, 0.6) is 11.5 Å². The van der Waals surface area contributed by atoms with E-state index in [0.717, 1.165) is 22.8 Å². The number of nitrogens with zero attached hydrogens (tertiary/aromatic N) is 2. The molecule has 1 heterocycles. The fourth-order valence-corrected chi connectivity index (χ4v) is 2.64. The molecule has 5 nitrogen and oxygen atoms in total. The number of rotatable bonds is 8. The number of halogens is 1. The van der Waals surface area contributed by atoms with Crippen LogP contribution >= 0.6 is 22.9 Å². The van der Waals surface area contributed by atoms with Crippen LogP contribution in [0.25, 0.3) is 0 Å². The summed E-state index contributed by atoms with van der Waals surface area (Å²) in [5, 5.41) is 7.42. The molecule has 23 heavy (non-hydrogen) atoms. The maximum absolute atomic E-state index is 6.30. The fraction of sp³-hybridized carbons (Fsp3) is 0.375. The first-order valence-corrected chi connectivity index (χ1v) is 8.70. The summed E-state index contributed by atoms with van der Waals surface area (Å²) in [6.07, 6.45) is 2.56. The van der Waals surface area contributed by atoms with Gasteiger partial charge in [0, 0.05) is 17.0 Å². The molecule has 0 bridgehead atoms. The van der Waals surface area contributed by atoms with Crippen molar-refractivity contribution in [1.82, 2.24) is 4.98 Å². The number of anilines is 1. The number of benzene rings is 1. The first-order chi connectivity index (χ1) is 11.1. The summed E-state index contributed by atoms with van der Waals surface area (Å²) in [7, 11) is 0. The van der Waals surface area contributed by atoms with Crippen molar-refractivity contribution in [2.75, 3.05) is 18.6 Å². The van der Waals surface area contributed by atoms with Crippen LogP contribution in [0.3, 0.4) is 0 Å². The molecule has 1 aromatic heterocycles. The molecule has 7 heteroatoms. The number of ether oxygens (including phenoxy) is 2.